The maximum Gasteiger partial charge on any atom is 0.161 e. The summed E-state index contributed by atoms with van der Waals surface area (Å²) in [6.45, 7) is 2.13. The SMILES string of the molecule is CCc1cnc(-n2cc(/C(N)=C/C=C\N)cn2)c2ccccc12. The van der Waals surface area contributed by atoms with Crippen LogP contribution in [0.4, 0.5) is 0 Å². The number of hydrogen-bond acceptors (Lipinski definition) is 4. The Balaban J connectivity index is 2.10. The van der Waals surface area contributed by atoms with Gasteiger partial charge in [-0.3, -0.25) is 0 Å². The number of fused-ring (bicyclic) bond motifs is 1. The summed E-state index contributed by atoms with van der Waals surface area (Å²) in [5, 5.41) is 6.67. The van der Waals surface area contributed by atoms with Gasteiger partial charge < -0.3 is 11.5 Å². The van der Waals surface area contributed by atoms with Crippen molar-refractivity contribution in [2.24, 2.45) is 11.5 Å². The van der Waals surface area contributed by atoms with Crippen molar-refractivity contribution in [1.82, 2.24) is 14.8 Å². The Hall–Kier alpha value is -3.08. The van der Waals surface area contributed by atoms with E-state index in [9.17, 15) is 0 Å². The van der Waals surface area contributed by atoms with Crippen LogP contribution in [0.1, 0.15) is 18.1 Å². The third kappa shape index (κ3) is 2.81. The summed E-state index contributed by atoms with van der Waals surface area (Å²) in [5.74, 6) is 0.797. The first-order chi connectivity index (χ1) is 11.2. The molecule has 0 saturated heterocycles. The molecule has 1 aromatic carbocycles. The molecule has 0 aliphatic rings. The largest absolute Gasteiger partial charge is 0.405 e. The number of nitrogens with zero attached hydrogens (tertiary/aromatic N) is 3. The molecule has 0 radical (unpaired) electrons. The van der Waals surface area contributed by atoms with Gasteiger partial charge >= 0.3 is 0 Å². The van der Waals surface area contributed by atoms with Crippen molar-refractivity contribution < 1.29 is 0 Å². The van der Waals surface area contributed by atoms with Crippen molar-refractivity contribution in [1.29, 1.82) is 0 Å². The van der Waals surface area contributed by atoms with Gasteiger partial charge in [0.1, 0.15) is 0 Å². The zero-order valence-electron chi connectivity index (χ0n) is 13.0. The van der Waals surface area contributed by atoms with E-state index in [1.165, 1.54) is 17.1 Å². The molecule has 0 aliphatic carbocycles. The molecule has 0 bridgehead atoms. The van der Waals surface area contributed by atoms with Crippen LogP contribution in [0.2, 0.25) is 0 Å². The Morgan fingerprint density at radius 3 is 2.74 bits per heavy atom. The Labute approximate surface area is 134 Å². The van der Waals surface area contributed by atoms with E-state index in [0.29, 0.717) is 5.70 Å². The number of hydrogen-bond donors (Lipinski definition) is 2. The van der Waals surface area contributed by atoms with Crippen molar-refractivity contribution in [3.05, 3.63) is 72.3 Å². The van der Waals surface area contributed by atoms with Crippen LogP contribution >= 0.6 is 0 Å². The summed E-state index contributed by atoms with van der Waals surface area (Å²) < 4.78 is 1.75. The van der Waals surface area contributed by atoms with E-state index in [0.717, 1.165) is 23.2 Å². The molecule has 23 heavy (non-hydrogen) atoms. The van der Waals surface area contributed by atoms with E-state index in [2.05, 4.69) is 29.1 Å². The molecular formula is C18H19N5. The average Bonchev–Trinajstić information content (AvgIpc) is 3.08. The Kier molecular flexibility index (Phi) is 4.10. The molecule has 0 fully saturated rings. The number of aryl methyl sites for hydroxylation is 1. The minimum atomic E-state index is 0.604. The molecule has 0 aliphatic heterocycles. The monoisotopic (exact) mass is 305 g/mol. The number of benzene rings is 1. The second-order valence-corrected chi connectivity index (χ2v) is 5.19. The standard InChI is InChI=1S/C18H19N5/c1-2-13-10-21-18(16-7-4-3-6-15(13)16)23-12-14(11-22-23)17(20)8-5-9-19/h3-12H,2,19-20H2,1H3/b9-5-,17-8-. The molecule has 116 valence electrons. The van der Waals surface area contributed by atoms with Gasteiger partial charge in [-0.25, -0.2) is 9.67 Å². The zero-order valence-corrected chi connectivity index (χ0v) is 13.0. The number of allylic oxidation sites excluding steroid dienone is 2. The molecule has 5 heteroatoms. The molecule has 3 aromatic rings. The highest BCUT2D eigenvalue weighted by Gasteiger charge is 2.10. The van der Waals surface area contributed by atoms with E-state index in [1.807, 2.05) is 24.5 Å². The van der Waals surface area contributed by atoms with Crippen molar-refractivity contribution in [2.75, 3.05) is 0 Å². The van der Waals surface area contributed by atoms with Crippen molar-refractivity contribution in [3.8, 4) is 5.82 Å². The van der Waals surface area contributed by atoms with Gasteiger partial charge in [-0.2, -0.15) is 5.10 Å². The zero-order chi connectivity index (χ0) is 16.2. The fraction of sp³-hybridized carbons (Fsp3) is 0.111. The lowest BCUT2D eigenvalue weighted by Gasteiger charge is -2.09. The number of rotatable bonds is 4. The Morgan fingerprint density at radius 1 is 1.22 bits per heavy atom. The summed E-state index contributed by atoms with van der Waals surface area (Å²) >= 11 is 0. The maximum absolute atomic E-state index is 6.01. The van der Waals surface area contributed by atoms with E-state index in [-0.39, 0.29) is 0 Å². The van der Waals surface area contributed by atoms with E-state index >= 15 is 0 Å². The van der Waals surface area contributed by atoms with Crippen LogP contribution in [0, 0.1) is 0 Å². The first kappa shape index (κ1) is 14.8. The van der Waals surface area contributed by atoms with Crippen LogP contribution < -0.4 is 11.5 Å². The summed E-state index contributed by atoms with van der Waals surface area (Å²) in [6, 6.07) is 8.23. The van der Waals surface area contributed by atoms with Gasteiger partial charge in [-0.1, -0.05) is 31.2 Å². The van der Waals surface area contributed by atoms with Crippen LogP contribution in [0.5, 0.6) is 0 Å². The van der Waals surface area contributed by atoms with Gasteiger partial charge in [0, 0.05) is 29.0 Å². The molecular weight excluding hydrogens is 286 g/mol. The average molecular weight is 305 g/mol. The van der Waals surface area contributed by atoms with Crippen LogP contribution in [0.3, 0.4) is 0 Å². The van der Waals surface area contributed by atoms with Gasteiger partial charge in [0.15, 0.2) is 5.82 Å². The molecule has 0 unspecified atom stereocenters. The van der Waals surface area contributed by atoms with Gasteiger partial charge in [0.05, 0.1) is 6.20 Å². The highest BCUT2D eigenvalue weighted by molar-refractivity contribution is 5.91. The van der Waals surface area contributed by atoms with Crippen LogP contribution in [-0.2, 0) is 6.42 Å². The predicted molar refractivity (Wildman–Crippen MR) is 93.7 cm³/mol. The summed E-state index contributed by atoms with van der Waals surface area (Å²) in [7, 11) is 0. The second kappa shape index (κ2) is 6.36. The Morgan fingerprint density at radius 2 is 2.00 bits per heavy atom. The molecule has 0 spiro atoms. The van der Waals surface area contributed by atoms with Crippen LogP contribution in [0.15, 0.2) is 61.2 Å². The number of nitrogens with two attached hydrogens (primary N) is 2. The molecule has 0 saturated carbocycles. The molecule has 3 rings (SSSR count). The van der Waals surface area contributed by atoms with Crippen molar-refractivity contribution in [2.45, 2.75) is 13.3 Å². The number of aromatic nitrogens is 3. The normalized spacial score (nSPS) is 12.3. The third-order valence-electron chi connectivity index (χ3n) is 3.76. The minimum absolute atomic E-state index is 0.604. The first-order valence-corrected chi connectivity index (χ1v) is 7.50. The Bertz CT molecular complexity index is 889. The molecule has 4 N–H and O–H groups in total. The lowest BCUT2D eigenvalue weighted by atomic mass is 10.1. The molecule has 2 aromatic heterocycles. The fourth-order valence-corrected chi connectivity index (χ4v) is 2.54. The summed E-state index contributed by atoms with van der Waals surface area (Å²) in [4.78, 5) is 4.59. The smallest absolute Gasteiger partial charge is 0.161 e. The third-order valence-corrected chi connectivity index (χ3v) is 3.76. The van der Waals surface area contributed by atoms with Crippen LogP contribution in [-0.4, -0.2) is 14.8 Å². The van der Waals surface area contributed by atoms with Crippen molar-refractivity contribution in [3.63, 3.8) is 0 Å². The maximum atomic E-state index is 6.01. The van der Waals surface area contributed by atoms with Crippen molar-refractivity contribution >= 4 is 16.5 Å². The lowest BCUT2D eigenvalue weighted by molar-refractivity contribution is 0.853. The predicted octanol–water partition coefficient (Wildman–Crippen LogP) is 2.75. The van der Waals surface area contributed by atoms with Gasteiger partial charge in [0.25, 0.3) is 0 Å². The fourth-order valence-electron chi connectivity index (χ4n) is 2.54. The summed E-state index contributed by atoms with van der Waals surface area (Å²) in [6.07, 6.45) is 11.3. The molecule has 2 heterocycles. The highest BCUT2D eigenvalue weighted by atomic mass is 15.3. The minimum Gasteiger partial charge on any atom is -0.405 e. The van der Waals surface area contributed by atoms with E-state index < -0.39 is 0 Å². The highest BCUT2D eigenvalue weighted by Crippen LogP contribution is 2.24. The lowest BCUT2D eigenvalue weighted by Crippen LogP contribution is -2.01. The molecule has 0 amide bonds. The van der Waals surface area contributed by atoms with Crippen LogP contribution in [0.25, 0.3) is 22.3 Å². The first-order valence-electron chi connectivity index (χ1n) is 7.50. The van der Waals surface area contributed by atoms with Gasteiger partial charge in [-0.15, -0.1) is 0 Å². The van der Waals surface area contributed by atoms with Gasteiger partial charge in [-0.05, 0) is 35.7 Å². The topological polar surface area (TPSA) is 82.8 Å². The number of pyridine rings is 1. The molecule has 0 atom stereocenters. The van der Waals surface area contributed by atoms with E-state index in [1.54, 1.807) is 23.0 Å². The summed E-state index contributed by atoms with van der Waals surface area (Å²) in [5.41, 5.74) is 14.0. The van der Waals surface area contributed by atoms with E-state index in [4.69, 9.17) is 11.5 Å². The van der Waals surface area contributed by atoms with Gasteiger partial charge in [0.2, 0.25) is 0 Å². The second-order valence-electron chi connectivity index (χ2n) is 5.19. The molecule has 5 nitrogen and oxygen atoms in total. The quantitative estimate of drug-likeness (QED) is 0.726.